The number of nitrogens with zero attached hydrogens (tertiary/aromatic N) is 1. The predicted molar refractivity (Wildman–Crippen MR) is 81.9 cm³/mol. The van der Waals surface area contributed by atoms with E-state index in [0.29, 0.717) is 13.1 Å². The smallest absolute Gasteiger partial charge is 0.211 e. The second-order valence-corrected chi connectivity index (χ2v) is 7.92. The van der Waals surface area contributed by atoms with Crippen LogP contribution in [0.3, 0.4) is 0 Å². The molecular weight excluding hydrogens is 291 g/mol. The number of rotatable bonds is 4. The fraction of sp³-hybridized carbons (Fsp3) is 0.600. The van der Waals surface area contributed by atoms with Gasteiger partial charge in [0.15, 0.2) is 0 Å². The molecular formula is C15H23FN2O2S. The number of hydrogen-bond donors (Lipinski definition) is 1. The SMILES string of the molecule is C[C@H](N[C@@H]1CCN(S(C)(=O)=O)C[C@H]1C)c1ccc(F)cc1. The highest BCUT2D eigenvalue weighted by Gasteiger charge is 2.31. The van der Waals surface area contributed by atoms with E-state index in [1.807, 2.05) is 6.92 Å². The monoisotopic (exact) mass is 314 g/mol. The van der Waals surface area contributed by atoms with Crippen molar-refractivity contribution < 1.29 is 12.8 Å². The van der Waals surface area contributed by atoms with Gasteiger partial charge in [-0.25, -0.2) is 17.1 Å². The summed E-state index contributed by atoms with van der Waals surface area (Å²) in [5, 5.41) is 3.53. The lowest BCUT2D eigenvalue weighted by Gasteiger charge is -2.37. The van der Waals surface area contributed by atoms with Crippen molar-refractivity contribution in [3.8, 4) is 0 Å². The zero-order valence-corrected chi connectivity index (χ0v) is 13.5. The summed E-state index contributed by atoms with van der Waals surface area (Å²) in [6.45, 7) is 5.21. The number of sulfonamides is 1. The second kappa shape index (κ2) is 6.42. The molecule has 3 atom stereocenters. The summed E-state index contributed by atoms with van der Waals surface area (Å²) in [4.78, 5) is 0. The Labute approximate surface area is 126 Å². The van der Waals surface area contributed by atoms with E-state index in [9.17, 15) is 12.8 Å². The first kappa shape index (κ1) is 16.4. The quantitative estimate of drug-likeness (QED) is 0.926. The molecule has 1 N–H and O–H groups in total. The van der Waals surface area contributed by atoms with Gasteiger partial charge >= 0.3 is 0 Å². The summed E-state index contributed by atoms with van der Waals surface area (Å²) in [5.74, 6) is 0.0113. The highest BCUT2D eigenvalue weighted by atomic mass is 32.2. The van der Waals surface area contributed by atoms with Gasteiger partial charge in [-0.15, -0.1) is 0 Å². The van der Waals surface area contributed by atoms with Gasteiger partial charge in [-0.1, -0.05) is 19.1 Å². The minimum atomic E-state index is -3.10. The van der Waals surface area contributed by atoms with Crippen LogP contribution in [-0.4, -0.2) is 38.1 Å². The largest absolute Gasteiger partial charge is 0.307 e. The molecule has 4 nitrogen and oxygen atoms in total. The van der Waals surface area contributed by atoms with Crippen molar-refractivity contribution in [2.24, 2.45) is 5.92 Å². The number of benzene rings is 1. The molecule has 0 unspecified atom stereocenters. The van der Waals surface area contributed by atoms with Crippen molar-refractivity contribution >= 4 is 10.0 Å². The fourth-order valence-corrected chi connectivity index (χ4v) is 3.77. The molecule has 0 radical (unpaired) electrons. The van der Waals surface area contributed by atoms with E-state index >= 15 is 0 Å². The Bertz CT molecular complexity index is 574. The average molecular weight is 314 g/mol. The van der Waals surface area contributed by atoms with Crippen LogP contribution in [-0.2, 0) is 10.0 Å². The van der Waals surface area contributed by atoms with E-state index in [2.05, 4.69) is 12.2 Å². The minimum Gasteiger partial charge on any atom is -0.307 e. The van der Waals surface area contributed by atoms with Crippen molar-refractivity contribution in [1.82, 2.24) is 9.62 Å². The standard InChI is InChI=1S/C15H23FN2O2S/c1-11-10-18(21(3,19)20)9-8-15(11)17-12(2)13-4-6-14(16)7-5-13/h4-7,11-12,15,17H,8-10H2,1-3H3/t11-,12+,15-/m1/s1. The summed E-state index contributed by atoms with van der Waals surface area (Å²) >= 11 is 0. The van der Waals surface area contributed by atoms with E-state index in [1.54, 1.807) is 16.4 Å². The van der Waals surface area contributed by atoms with Gasteiger partial charge in [-0.2, -0.15) is 0 Å². The molecule has 118 valence electrons. The fourth-order valence-electron chi connectivity index (χ4n) is 2.82. The zero-order valence-electron chi connectivity index (χ0n) is 12.7. The van der Waals surface area contributed by atoms with Crippen LogP contribution in [0.5, 0.6) is 0 Å². The zero-order chi connectivity index (χ0) is 15.6. The number of nitrogens with one attached hydrogen (secondary N) is 1. The van der Waals surface area contributed by atoms with Gasteiger partial charge in [-0.05, 0) is 37.0 Å². The van der Waals surface area contributed by atoms with Crippen LogP contribution in [0.4, 0.5) is 4.39 Å². The van der Waals surface area contributed by atoms with E-state index in [0.717, 1.165) is 12.0 Å². The van der Waals surface area contributed by atoms with Crippen LogP contribution in [0, 0.1) is 11.7 Å². The average Bonchev–Trinajstić information content (AvgIpc) is 2.40. The van der Waals surface area contributed by atoms with Gasteiger partial charge in [-0.3, -0.25) is 0 Å². The maximum Gasteiger partial charge on any atom is 0.211 e. The second-order valence-electron chi connectivity index (χ2n) is 5.93. The highest BCUT2D eigenvalue weighted by Crippen LogP contribution is 2.22. The molecule has 0 aromatic heterocycles. The third-order valence-electron chi connectivity index (χ3n) is 4.17. The Morgan fingerprint density at radius 1 is 1.33 bits per heavy atom. The molecule has 0 saturated carbocycles. The lowest BCUT2D eigenvalue weighted by molar-refractivity contribution is 0.210. The molecule has 1 aromatic rings. The van der Waals surface area contributed by atoms with Crippen molar-refractivity contribution in [3.05, 3.63) is 35.6 Å². The van der Waals surface area contributed by atoms with E-state index in [4.69, 9.17) is 0 Å². The summed E-state index contributed by atoms with van der Waals surface area (Å²) in [7, 11) is -3.10. The molecule has 1 heterocycles. The maximum absolute atomic E-state index is 12.9. The Morgan fingerprint density at radius 2 is 1.95 bits per heavy atom. The molecule has 1 aromatic carbocycles. The molecule has 21 heavy (non-hydrogen) atoms. The summed E-state index contributed by atoms with van der Waals surface area (Å²) in [6.07, 6.45) is 2.05. The maximum atomic E-state index is 12.9. The lowest BCUT2D eigenvalue weighted by atomic mass is 9.93. The lowest BCUT2D eigenvalue weighted by Crippen LogP contribution is -2.50. The van der Waals surface area contributed by atoms with E-state index < -0.39 is 10.0 Å². The predicted octanol–water partition coefficient (Wildman–Crippen LogP) is 2.15. The minimum absolute atomic E-state index is 0.114. The molecule has 1 fully saturated rings. The first-order valence-corrected chi connectivity index (χ1v) is 9.09. The van der Waals surface area contributed by atoms with Crippen molar-refractivity contribution in [2.45, 2.75) is 32.4 Å². The van der Waals surface area contributed by atoms with Gasteiger partial charge in [0.1, 0.15) is 5.82 Å². The van der Waals surface area contributed by atoms with Gasteiger partial charge in [0.2, 0.25) is 10.0 Å². The van der Waals surface area contributed by atoms with Crippen molar-refractivity contribution in [1.29, 1.82) is 0 Å². The first-order valence-electron chi connectivity index (χ1n) is 7.24. The summed E-state index contributed by atoms with van der Waals surface area (Å²) in [6, 6.07) is 6.87. The number of halogens is 1. The Balaban J connectivity index is 1.96. The van der Waals surface area contributed by atoms with Crippen LogP contribution in [0.25, 0.3) is 0 Å². The first-order chi connectivity index (χ1) is 9.77. The Kier molecular flexibility index (Phi) is 5.01. The van der Waals surface area contributed by atoms with Crippen molar-refractivity contribution in [3.63, 3.8) is 0 Å². The molecule has 0 spiro atoms. The number of piperidine rings is 1. The third-order valence-corrected chi connectivity index (χ3v) is 5.44. The van der Waals surface area contributed by atoms with Crippen LogP contribution < -0.4 is 5.32 Å². The molecule has 0 bridgehead atoms. The van der Waals surface area contributed by atoms with Crippen LogP contribution in [0.1, 0.15) is 31.9 Å². The van der Waals surface area contributed by atoms with Crippen LogP contribution in [0.15, 0.2) is 24.3 Å². The van der Waals surface area contributed by atoms with Gasteiger partial charge < -0.3 is 5.32 Å². The van der Waals surface area contributed by atoms with Gasteiger partial charge in [0.25, 0.3) is 0 Å². The summed E-state index contributed by atoms with van der Waals surface area (Å²) in [5.41, 5.74) is 1.04. The molecule has 0 aliphatic carbocycles. The van der Waals surface area contributed by atoms with E-state index in [-0.39, 0.29) is 23.8 Å². The normalized spacial score (nSPS) is 25.7. The molecule has 2 rings (SSSR count). The summed E-state index contributed by atoms with van der Waals surface area (Å²) < 4.78 is 37.7. The molecule has 1 aliphatic rings. The van der Waals surface area contributed by atoms with E-state index in [1.165, 1.54) is 18.4 Å². The third kappa shape index (κ3) is 4.25. The van der Waals surface area contributed by atoms with Crippen LogP contribution >= 0.6 is 0 Å². The molecule has 0 amide bonds. The van der Waals surface area contributed by atoms with Crippen molar-refractivity contribution in [2.75, 3.05) is 19.3 Å². The molecule has 1 aliphatic heterocycles. The Morgan fingerprint density at radius 3 is 2.48 bits per heavy atom. The Hall–Kier alpha value is -0.980. The molecule has 6 heteroatoms. The topological polar surface area (TPSA) is 49.4 Å². The number of hydrogen-bond acceptors (Lipinski definition) is 3. The van der Waals surface area contributed by atoms with Crippen LogP contribution in [0.2, 0.25) is 0 Å². The molecule has 1 saturated heterocycles. The van der Waals surface area contributed by atoms with Gasteiger partial charge in [0, 0.05) is 25.2 Å². The highest BCUT2D eigenvalue weighted by molar-refractivity contribution is 7.88. The van der Waals surface area contributed by atoms with Gasteiger partial charge in [0.05, 0.1) is 6.26 Å².